The van der Waals surface area contributed by atoms with Crippen LogP contribution >= 0.6 is 12.4 Å². The van der Waals surface area contributed by atoms with Crippen molar-refractivity contribution in [2.45, 2.75) is 44.2 Å². The van der Waals surface area contributed by atoms with Gasteiger partial charge in [0.15, 0.2) is 5.60 Å². The van der Waals surface area contributed by atoms with Gasteiger partial charge in [0.05, 0.1) is 6.61 Å². The smallest absolute Gasteiger partial charge is 0.253 e. The highest BCUT2D eigenvalue weighted by Gasteiger charge is 2.37. The molecule has 94 valence electrons. The van der Waals surface area contributed by atoms with E-state index in [1.807, 2.05) is 6.92 Å². The molecular weight excluding hydrogens is 228 g/mol. The van der Waals surface area contributed by atoms with Crippen LogP contribution in [0.4, 0.5) is 0 Å². The van der Waals surface area contributed by atoms with Gasteiger partial charge in [0.25, 0.3) is 5.91 Å². The largest absolute Gasteiger partial charge is 0.363 e. The molecule has 0 aromatic rings. The third-order valence-corrected chi connectivity index (χ3v) is 3.33. The van der Waals surface area contributed by atoms with Gasteiger partial charge in [-0.2, -0.15) is 0 Å². The van der Waals surface area contributed by atoms with Crippen LogP contribution in [0, 0.1) is 0 Å². The molecule has 1 unspecified atom stereocenters. The normalized spacial score (nSPS) is 30.8. The van der Waals surface area contributed by atoms with E-state index in [0.717, 1.165) is 19.4 Å². The Morgan fingerprint density at radius 3 is 2.69 bits per heavy atom. The third-order valence-electron chi connectivity index (χ3n) is 3.33. The lowest BCUT2D eigenvalue weighted by molar-refractivity contribution is -0.148. The second-order valence-electron chi connectivity index (χ2n) is 4.71. The number of carbonyl (C=O) groups is 1. The summed E-state index contributed by atoms with van der Waals surface area (Å²) >= 11 is 0. The average Bonchev–Trinajstić information content (AvgIpc) is 2.71. The third kappa shape index (κ3) is 3.09. The number of amides is 1. The molecule has 4 nitrogen and oxygen atoms in total. The Hall–Kier alpha value is -0.320. The number of morpholine rings is 1. The monoisotopic (exact) mass is 248 g/mol. The average molecular weight is 249 g/mol. The zero-order valence-electron chi connectivity index (χ0n) is 9.75. The fourth-order valence-corrected chi connectivity index (χ4v) is 2.28. The van der Waals surface area contributed by atoms with Gasteiger partial charge in [-0.3, -0.25) is 4.79 Å². The van der Waals surface area contributed by atoms with E-state index in [1.54, 1.807) is 0 Å². The second-order valence-corrected chi connectivity index (χ2v) is 4.71. The van der Waals surface area contributed by atoms with Crippen molar-refractivity contribution in [3.8, 4) is 0 Å². The summed E-state index contributed by atoms with van der Waals surface area (Å²) in [5.41, 5.74) is -0.666. The first kappa shape index (κ1) is 13.7. The number of hydrogen-bond acceptors (Lipinski definition) is 3. The minimum absolute atomic E-state index is 0. The molecule has 1 saturated heterocycles. The van der Waals surface area contributed by atoms with Gasteiger partial charge >= 0.3 is 0 Å². The lowest BCUT2D eigenvalue weighted by Crippen LogP contribution is -2.58. The van der Waals surface area contributed by atoms with Crippen LogP contribution in [-0.2, 0) is 9.53 Å². The molecule has 0 radical (unpaired) electrons. The molecule has 1 saturated carbocycles. The van der Waals surface area contributed by atoms with Crippen LogP contribution in [0.3, 0.4) is 0 Å². The van der Waals surface area contributed by atoms with Crippen molar-refractivity contribution >= 4 is 18.3 Å². The number of rotatable bonds is 2. The van der Waals surface area contributed by atoms with E-state index in [4.69, 9.17) is 4.74 Å². The summed E-state index contributed by atoms with van der Waals surface area (Å²) < 4.78 is 5.56. The maximum Gasteiger partial charge on any atom is 0.253 e. The van der Waals surface area contributed by atoms with Crippen LogP contribution in [0.2, 0.25) is 0 Å². The zero-order chi connectivity index (χ0) is 10.7. The van der Waals surface area contributed by atoms with Gasteiger partial charge in [0.1, 0.15) is 0 Å². The van der Waals surface area contributed by atoms with Crippen LogP contribution in [0.25, 0.3) is 0 Å². The molecule has 0 bridgehead atoms. The Balaban J connectivity index is 0.00000128. The second kappa shape index (κ2) is 5.84. The summed E-state index contributed by atoms with van der Waals surface area (Å²) in [4.78, 5) is 12.0. The van der Waals surface area contributed by atoms with Gasteiger partial charge in [-0.15, -0.1) is 12.4 Å². The molecule has 0 aromatic heterocycles. The number of carbonyl (C=O) groups excluding carboxylic acids is 1. The first-order valence-electron chi connectivity index (χ1n) is 5.86. The minimum Gasteiger partial charge on any atom is -0.363 e. The Morgan fingerprint density at radius 1 is 1.44 bits per heavy atom. The van der Waals surface area contributed by atoms with Crippen LogP contribution in [-0.4, -0.2) is 37.2 Å². The van der Waals surface area contributed by atoms with E-state index in [9.17, 15) is 4.79 Å². The van der Waals surface area contributed by atoms with E-state index in [0.29, 0.717) is 19.2 Å². The minimum atomic E-state index is -0.666. The maximum atomic E-state index is 12.0. The van der Waals surface area contributed by atoms with E-state index in [2.05, 4.69) is 10.6 Å². The summed E-state index contributed by atoms with van der Waals surface area (Å²) in [7, 11) is 0. The van der Waals surface area contributed by atoms with Gasteiger partial charge in [0, 0.05) is 19.1 Å². The predicted octanol–water partition coefficient (Wildman–Crippen LogP) is 0.845. The highest BCUT2D eigenvalue weighted by Crippen LogP contribution is 2.20. The van der Waals surface area contributed by atoms with Crippen LogP contribution in [0.1, 0.15) is 32.6 Å². The Morgan fingerprint density at radius 2 is 2.12 bits per heavy atom. The van der Waals surface area contributed by atoms with Crippen molar-refractivity contribution < 1.29 is 9.53 Å². The van der Waals surface area contributed by atoms with Crippen molar-refractivity contribution in [1.82, 2.24) is 10.6 Å². The molecular formula is C11H21ClN2O2. The highest BCUT2D eigenvalue weighted by atomic mass is 35.5. The molecule has 1 aliphatic carbocycles. The van der Waals surface area contributed by atoms with Crippen LogP contribution in [0.15, 0.2) is 0 Å². The molecule has 1 amide bonds. The maximum absolute atomic E-state index is 12.0. The predicted molar refractivity (Wildman–Crippen MR) is 64.9 cm³/mol. The van der Waals surface area contributed by atoms with Gasteiger partial charge in [-0.05, 0) is 19.8 Å². The summed E-state index contributed by atoms with van der Waals surface area (Å²) in [6, 6.07) is 0.375. The Kier molecular flexibility index (Phi) is 5.02. The van der Waals surface area contributed by atoms with Gasteiger partial charge in [0.2, 0.25) is 0 Å². The van der Waals surface area contributed by atoms with Crippen molar-refractivity contribution in [2.75, 3.05) is 19.7 Å². The van der Waals surface area contributed by atoms with Gasteiger partial charge < -0.3 is 15.4 Å². The number of ether oxygens (including phenoxy) is 1. The molecule has 0 spiro atoms. The lowest BCUT2D eigenvalue weighted by atomic mass is 10.0. The van der Waals surface area contributed by atoms with Crippen molar-refractivity contribution in [1.29, 1.82) is 0 Å². The number of nitrogens with one attached hydrogen (secondary N) is 2. The first-order valence-corrected chi connectivity index (χ1v) is 5.86. The summed E-state index contributed by atoms with van der Waals surface area (Å²) in [5.74, 6) is 0.0431. The number of hydrogen-bond donors (Lipinski definition) is 2. The van der Waals surface area contributed by atoms with Crippen molar-refractivity contribution in [3.05, 3.63) is 0 Å². The standard InChI is InChI=1S/C11H20N2O2.ClH/c1-11(8-12-6-7-15-11)10(14)13-9-4-2-3-5-9;/h9,12H,2-8H2,1H3,(H,13,14);1H. The molecule has 16 heavy (non-hydrogen) atoms. The fraction of sp³-hybridized carbons (Fsp3) is 0.909. The fourth-order valence-electron chi connectivity index (χ4n) is 2.28. The van der Waals surface area contributed by atoms with Gasteiger partial charge in [-0.1, -0.05) is 12.8 Å². The lowest BCUT2D eigenvalue weighted by Gasteiger charge is -2.33. The molecule has 1 atom stereocenters. The van der Waals surface area contributed by atoms with Crippen molar-refractivity contribution in [3.63, 3.8) is 0 Å². The topological polar surface area (TPSA) is 50.4 Å². The molecule has 2 N–H and O–H groups in total. The van der Waals surface area contributed by atoms with Crippen LogP contribution < -0.4 is 10.6 Å². The summed E-state index contributed by atoms with van der Waals surface area (Å²) in [6.07, 6.45) is 4.71. The van der Waals surface area contributed by atoms with Crippen LogP contribution in [0.5, 0.6) is 0 Å². The van der Waals surface area contributed by atoms with E-state index in [-0.39, 0.29) is 18.3 Å². The molecule has 0 aromatic carbocycles. The van der Waals surface area contributed by atoms with Gasteiger partial charge in [-0.25, -0.2) is 0 Å². The molecule has 5 heteroatoms. The highest BCUT2D eigenvalue weighted by molar-refractivity contribution is 5.85. The quantitative estimate of drug-likeness (QED) is 0.762. The SMILES string of the molecule is CC1(C(=O)NC2CCCC2)CNCCO1.Cl. The molecule has 1 aliphatic heterocycles. The van der Waals surface area contributed by atoms with Crippen molar-refractivity contribution in [2.24, 2.45) is 0 Å². The first-order chi connectivity index (χ1) is 7.21. The Labute approximate surface area is 103 Å². The molecule has 2 aliphatic rings. The number of halogens is 1. The summed E-state index contributed by atoms with van der Waals surface area (Å²) in [6.45, 7) is 3.94. The van der Waals surface area contributed by atoms with E-state index < -0.39 is 5.60 Å². The molecule has 2 fully saturated rings. The molecule has 2 rings (SSSR count). The van der Waals surface area contributed by atoms with E-state index >= 15 is 0 Å². The molecule has 1 heterocycles. The summed E-state index contributed by atoms with van der Waals surface area (Å²) in [5, 5.41) is 6.28. The Bertz CT molecular complexity index is 236. The zero-order valence-corrected chi connectivity index (χ0v) is 10.6. The van der Waals surface area contributed by atoms with E-state index in [1.165, 1.54) is 12.8 Å².